The van der Waals surface area contributed by atoms with Crippen LogP contribution in [0.1, 0.15) is 43.7 Å². The number of carboxylic acids is 1. The van der Waals surface area contributed by atoms with Gasteiger partial charge in [0.25, 0.3) is 0 Å². The SMILES string of the molecule is CC(C)C[C@@H](NC(=O)OCC1c2ccccc2-c2ccccc21)C(=O)NC1CCOC1C(=O)O. The fourth-order valence-electron chi connectivity index (χ4n) is 4.75. The molecule has 2 unspecified atom stereocenters. The van der Waals surface area contributed by atoms with Gasteiger partial charge in [0, 0.05) is 12.5 Å². The molecule has 3 N–H and O–H groups in total. The number of aliphatic carboxylic acids is 1. The van der Waals surface area contributed by atoms with Gasteiger partial charge in [0.15, 0.2) is 6.10 Å². The molecule has 0 saturated carbocycles. The summed E-state index contributed by atoms with van der Waals surface area (Å²) in [7, 11) is 0. The minimum Gasteiger partial charge on any atom is -0.479 e. The van der Waals surface area contributed by atoms with Crippen molar-refractivity contribution in [1.29, 1.82) is 0 Å². The van der Waals surface area contributed by atoms with E-state index in [2.05, 4.69) is 22.8 Å². The summed E-state index contributed by atoms with van der Waals surface area (Å²) in [4.78, 5) is 36.9. The average molecular weight is 467 g/mol. The van der Waals surface area contributed by atoms with E-state index in [1.54, 1.807) is 0 Å². The van der Waals surface area contributed by atoms with Crippen LogP contribution in [-0.2, 0) is 19.1 Å². The summed E-state index contributed by atoms with van der Waals surface area (Å²) in [5.74, 6) is -1.51. The van der Waals surface area contributed by atoms with Crippen LogP contribution in [0.4, 0.5) is 4.79 Å². The van der Waals surface area contributed by atoms with E-state index >= 15 is 0 Å². The van der Waals surface area contributed by atoms with Gasteiger partial charge in [-0.15, -0.1) is 0 Å². The highest BCUT2D eigenvalue weighted by molar-refractivity contribution is 5.87. The van der Waals surface area contributed by atoms with Crippen LogP contribution in [0.15, 0.2) is 48.5 Å². The first kappa shape index (κ1) is 23.8. The lowest BCUT2D eigenvalue weighted by molar-refractivity contribution is -0.148. The van der Waals surface area contributed by atoms with Gasteiger partial charge in [0.2, 0.25) is 5.91 Å². The number of ether oxygens (including phenoxy) is 2. The Morgan fingerprint density at radius 2 is 1.68 bits per heavy atom. The molecule has 0 aromatic heterocycles. The van der Waals surface area contributed by atoms with Crippen LogP contribution in [-0.4, -0.2) is 54.5 Å². The predicted octanol–water partition coefficient (Wildman–Crippen LogP) is 3.30. The third kappa shape index (κ3) is 5.07. The van der Waals surface area contributed by atoms with Crippen molar-refractivity contribution in [2.75, 3.05) is 13.2 Å². The van der Waals surface area contributed by atoms with Gasteiger partial charge < -0.3 is 25.2 Å². The first-order valence-electron chi connectivity index (χ1n) is 11.6. The highest BCUT2D eigenvalue weighted by Gasteiger charge is 2.37. The Hall–Kier alpha value is -3.39. The highest BCUT2D eigenvalue weighted by atomic mass is 16.5. The third-order valence-corrected chi connectivity index (χ3v) is 6.32. The second kappa shape index (κ2) is 10.3. The molecule has 1 fully saturated rings. The largest absolute Gasteiger partial charge is 0.479 e. The molecule has 8 nitrogen and oxygen atoms in total. The Kier molecular flexibility index (Phi) is 7.17. The van der Waals surface area contributed by atoms with E-state index in [1.807, 2.05) is 50.2 Å². The molecular formula is C26H30N2O6. The number of carbonyl (C=O) groups excluding carboxylic acids is 2. The van der Waals surface area contributed by atoms with Crippen LogP contribution in [0.5, 0.6) is 0 Å². The number of nitrogens with one attached hydrogen (secondary N) is 2. The summed E-state index contributed by atoms with van der Waals surface area (Å²) in [6.45, 7) is 4.29. The molecule has 8 heteroatoms. The van der Waals surface area contributed by atoms with Crippen molar-refractivity contribution in [3.05, 3.63) is 59.7 Å². The van der Waals surface area contributed by atoms with E-state index in [0.29, 0.717) is 12.8 Å². The predicted molar refractivity (Wildman–Crippen MR) is 125 cm³/mol. The van der Waals surface area contributed by atoms with E-state index in [-0.39, 0.29) is 25.0 Å². The second-order valence-corrected chi connectivity index (χ2v) is 9.19. The van der Waals surface area contributed by atoms with Crippen molar-refractivity contribution in [3.63, 3.8) is 0 Å². The summed E-state index contributed by atoms with van der Waals surface area (Å²) in [6, 6.07) is 14.7. The van der Waals surface area contributed by atoms with Crippen LogP contribution < -0.4 is 10.6 Å². The Balaban J connectivity index is 1.40. The van der Waals surface area contributed by atoms with E-state index in [0.717, 1.165) is 22.3 Å². The molecule has 2 aromatic carbocycles. The fourth-order valence-corrected chi connectivity index (χ4v) is 4.75. The Morgan fingerprint density at radius 3 is 2.26 bits per heavy atom. The number of fused-ring (bicyclic) bond motifs is 3. The molecule has 0 bridgehead atoms. The van der Waals surface area contributed by atoms with Crippen molar-refractivity contribution in [1.82, 2.24) is 10.6 Å². The Morgan fingerprint density at radius 1 is 1.06 bits per heavy atom. The van der Waals surface area contributed by atoms with E-state index < -0.39 is 36.2 Å². The highest BCUT2D eigenvalue weighted by Crippen LogP contribution is 2.44. The topological polar surface area (TPSA) is 114 Å². The number of alkyl carbamates (subject to hydrolysis) is 1. The van der Waals surface area contributed by atoms with Crippen molar-refractivity contribution < 1.29 is 29.0 Å². The lowest BCUT2D eigenvalue weighted by Crippen LogP contribution is -2.53. The van der Waals surface area contributed by atoms with Crippen LogP contribution in [0.25, 0.3) is 11.1 Å². The van der Waals surface area contributed by atoms with Crippen LogP contribution in [0.3, 0.4) is 0 Å². The number of rotatable bonds is 8. The summed E-state index contributed by atoms with van der Waals surface area (Å²) < 4.78 is 10.8. The van der Waals surface area contributed by atoms with Crippen molar-refractivity contribution in [2.24, 2.45) is 5.92 Å². The van der Waals surface area contributed by atoms with E-state index in [1.165, 1.54) is 0 Å². The monoisotopic (exact) mass is 466 g/mol. The molecule has 1 aliphatic carbocycles. The Bertz CT molecular complexity index is 1020. The summed E-state index contributed by atoms with van der Waals surface area (Å²) >= 11 is 0. The van der Waals surface area contributed by atoms with E-state index in [4.69, 9.17) is 9.47 Å². The number of carboxylic acid groups (broad SMARTS) is 1. The van der Waals surface area contributed by atoms with Gasteiger partial charge >= 0.3 is 12.1 Å². The van der Waals surface area contributed by atoms with Gasteiger partial charge in [-0.3, -0.25) is 4.79 Å². The Labute approximate surface area is 198 Å². The third-order valence-electron chi connectivity index (χ3n) is 6.32. The summed E-state index contributed by atoms with van der Waals surface area (Å²) in [6.07, 6.45) is -0.971. The van der Waals surface area contributed by atoms with Crippen molar-refractivity contribution in [3.8, 4) is 11.1 Å². The van der Waals surface area contributed by atoms with Gasteiger partial charge in [-0.1, -0.05) is 62.4 Å². The molecule has 2 aromatic rings. The maximum atomic E-state index is 12.9. The van der Waals surface area contributed by atoms with Crippen LogP contribution in [0, 0.1) is 5.92 Å². The minimum absolute atomic E-state index is 0.0810. The molecule has 1 saturated heterocycles. The van der Waals surface area contributed by atoms with Gasteiger partial charge in [-0.25, -0.2) is 9.59 Å². The maximum absolute atomic E-state index is 12.9. The van der Waals surface area contributed by atoms with Crippen LogP contribution in [0.2, 0.25) is 0 Å². The van der Waals surface area contributed by atoms with Crippen LogP contribution >= 0.6 is 0 Å². The van der Waals surface area contributed by atoms with Gasteiger partial charge in [0.05, 0.1) is 6.04 Å². The average Bonchev–Trinajstić information content (AvgIpc) is 3.39. The fraction of sp³-hybridized carbons (Fsp3) is 0.423. The molecule has 180 valence electrons. The van der Waals surface area contributed by atoms with Gasteiger partial charge in [-0.2, -0.15) is 0 Å². The maximum Gasteiger partial charge on any atom is 0.407 e. The zero-order valence-electron chi connectivity index (χ0n) is 19.3. The molecule has 4 rings (SSSR count). The molecule has 0 spiro atoms. The van der Waals surface area contributed by atoms with Gasteiger partial charge in [0.1, 0.15) is 12.6 Å². The first-order valence-corrected chi connectivity index (χ1v) is 11.6. The molecule has 0 radical (unpaired) electrons. The zero-order valence-corrected chi connectivity index (χ0v) is 19.3. The smallest absolute Gasteiger partial charge is 0.407 e. The first-order chi connectivity index (χ1) is 16.3. The lowest BCUT2D eigenvalue weighted by atomic mass is 9.98. The molecule has 34 heavy (non-hydrogen) atoms. The molecule has 1 aliphatic heterocycles. The van der Waals surface area contributed by atoms with Crippen molar-refractivity contribution in [2.45, 2.75) is 50.8 Å². The molecule has 2 amide bonds. The summed E-state index contributed by atoms with van der Waals surface area (Å²) in [5, 5.41) is 14.7. The number of carbonyl (C=O) groups is 3. The molecular weight excluding hydrogens is 436 g/mol. The number of amides is 2. The molecule has 1 heterocycles. The molecule has 2 aliphatic rings. The lowest BCUT2D eigenvalue weighted by Gasteiger charge is -2.24. The van der Waals surface area contributed by atoms with E-state index in [9.17, 15) is 19.5 Å². The normalized spacial score (nSPS) is 19.9. The van der Waals surface area contributed by atoms with Gasteiger partial charge in [-0.05, 0) is 41.0 Å². The number of hydrogen-bond donors (Lipinski definition) is 3. The number of benzene rings is 2. The zero-order chi connectivity index (χ0) is 24.2. The molecule has 3 atom stereocenters. The van der Waals surface area contributed by atoms with Crippen molar-refractivity contribution >= 4 is 18.0 Å². The standard InChI is InChI=1S/C26H30N2O6/c1-15(2)13-22(24(29)27-21-11-12-33-23(21)25(30)31)28-26(32)34-14-20-18-9-5-3-7-16(18)17-8-4-6-10-19(17)20/h3-10,15,20-23H,11-14H2,1-2H3,(H,27,29)(H,28,32)(H,30,31)/t21?,22-,23?/m1/s1. The summed E-state index contributed by atoms with van der Waals surface area (Å²) in [5.41, 5.74) is 4.48. The minimum atomic E-state index is -1.12. The number of hydrogen-bond acceptors (Lipinski definition) is 5. The second-order valence-electron chi connectivity index (χ2n) is 9.19. The quantitative estimate of drug-likeness (QED) is 0.550.